The lowest BCUT2D eigenvalue weighted by atomic mass is 10.1. The van der Waals surface area contributed by atoms with Gasteiger partial charge in [-0.15, -0.1) is 0 Å². The number of nitrogens with zero attached hydrogens (tertiary/aromatic N) is 3. The minimum absolute atomic E-state index is 0.0714. The minimum Gasteiger partial charge on any atom is -0.321 e. The first kappa shape index (κ1) is 14.3. The molecule has 3 aromatic rings. The van der Waals surface area contributed by atoms with Crippen molar-refractivity contribution in [3.63, 3.8) is 0 Å². The van der Waals surface area contributed by atoms with E-state index in [1.54, 1.807) is 41.3 Å². The SMILES string of the molecule is O=C(Nc1cnn2cccnc12)[C@@H]1C[C@H]1c1ccc(Br)cc1F. The summed E-state index contributed by atoms with van der Waals surface area (Å²) in [6.07, 6.45) is 5.62. The van der Waals surface area contributed by atoms with Crippen molar-refractivity contribution in [1.29, 1.82) is 0 Å². The average molecular weight is 375 g/mol. The highest BCUT2D eigenvalue weighted by molar-refractivity contribution is 9.10. The lowest BCUT2D eigenvalue weighted by molar-refractivity contribution is -0.117. The van der Waals surface area contributed by atoms with E-state index in [0.29, 0.717) is 27.8 Å². The van der Waals surface area contributed by atoms with Gasteiger partial charge in [0.15, 0.2) is 5.65 Å². The summed E-state index contributed by atoms with van der Waals surface area (Å²) >= 11 is 3.24. The molecule has 23 heavy (non-hydrogen) atoms. The molecule has 2 heterocycles. The molecule has 0 saturated heterocycles. The van der Waals surface area contributed by atoms with Crippen molar-refractivity contribution < 1.29 is 9.18 Å². The minimum atomic E-state index is -0.280. The van der Waals surface area contributed by atoms with Crippen molar-refractivity contribution >= 4 is 33.2 Å². The lowest BCUT2D eigenvalue weighted by Crippen LogP contribution is -2.14. The smallest absolute Gasteiger partial charge is 0.228 e. The van der Waals surface area contributed by atoms with Crippen LogP contribution < -0.4 is 5.32 Å². The molecule has 116 valence electrons. The maximum absolute atomic E-state index is 14.0. The van der Waals surface area contributed by atoms with Crippen molar-refractivity contribution in [2.75, 3.05) is 5.32 Å². The quantitative estimate of drug-likeness (QED) is 0.764. The number of nitrogens with one attached hydrogen (secondary N) is 1. The molecule has 0 unspecified atom stereocenters. The van der Waals surface area contributed by atoms with Crippen LogP contribution in [0.2, 0.25) is 0 Å². The van der Waals surface area contributed by atoms with Crippen molar-refractivity contribution in [1.82, 2.24) is 14.6 Å². The maximum atomic E-state index is 14.0. The summed E-state index contributed by atoms with van der Waals surface area (Å²) in [6, 6.07) is 6.71. The molecule has 0 bridgehead atoms. The van der Waals surface area contributed by atoms with Crippen LogP contribution in [0.15, 0.2) is 47.3 Å². The Hall–Kier alpha value is -2.28. The summed E-state index contributed by atoms with van der Waals surface area (Å²) in [5.41, 5.74) is 1.75. The fourth-order valence-corrected chi connectivity index (χ4v) is 3.10. The topological polar surface area (TPSA) is 59.3 Å². The number of amides is 1. The van der Waals surface area contributed by atoms with Gasteiger partial charge in [-0.25, -0.2) is 13.9 Å². The molecular formula is C16H12BrFN4O. The van der Waals surface area contributed by atoms with Gasteiger partial charge in [-0.1, -0.05) is 22.0 Å². The molecule has 1 fully saturated rings. The molecule has 1 aliphatic carbocycles. The van der Waals surface area contributed by atoms with E-state index >= 15 is 0 Å². The fourth-order valence-electron chi connectivity index (χ4n) is 2.77. The van der Waals surface area contributed by atoms with Gasteiger partial charge in [0.05, 0.1) is 6.20 Å². The molecule has 1 aromatic carbocycles. The van der Waals surface area contributed by atoms with E-state index in [2.05, 4.69) is 31.3 Å². The zero-order valence-electron chi connectivity index (χ0n) is 11.9. The van der Waals surface area contributed by atoms with Crippen LogP contribution >= 0.6 is 15.9 Å². The monoisotopic (exact) mass is 374 g/mol. The predicted molar refractivity (Wildman–Crippen MR) is 86.6 cm³/mol. The number of halogens is 2. The molecule has 1 amide bonds. The van der Waals surface area contributed by atoms with Crippen LogP contribution in [0.5, 0.6) is 0 Å². The average Bonchev–Trinajstić information content (AvgIpc) is 3.23. The highest BCUT2D eigenvalue weighted by Gasteiger charge is 2.45. The third kappa shape index (κ3) is 2.61. The molecular weight excluding hydrogens is 363 g/mol. The van der Waals surface area contributed by atoms with Crippen molar-refractivity contribution in [2.24, 2.45) is 5.92 Å². The second-order valence-corrected chi connectivity index (χ2v) is 6.47. The molecule has 1 saturated carbocycles. The molecule has 2 atom stereocenters. The van der Waals surface area contributed by atoms with Crippen LogP contribution in [0.25, 0.3) is 5.65 Å². The highest BCUT2D eigenvalue weighted by atomic mass is 79.9. The number of benzene rings is 1. The third-order valence-electron chi connectivity index (χ3n) is 4.03. The van der Waals surface area contributed by atoms with Crippen LogP contribution in [0.1, 0.15) is 17.9 Å². The van der Waals surface area contributed by atoms with Crippen LogP contribution in [0.3, 0.4) is 0 Å². The number of anilines is 1. The van der Waals surface area contributed by atoms with Gasteiger partial charge in [0.1, 0.15) is 11.5 Å². The summed E-state index contributed by atoms with van der Waals surface area (Å²) in [7, 11) is 0. The van der Waals surface area contributed by atoms with Gasteiger partial charge in [0.25, 0.3) is 0 Å². The standard InChI is InChI=1S/C16H12BrFN4O/c17-9-2-3-10(13(18)6-9)11-7-12(11)16(23)21-14-8-20-22-5-1-4-19-15(14)22/h1-6,8,11-12H,7H2,(H,21,23)/t11-,12+/m0/s1. The van der Waals surface area contributed by atoms with Gasteiger partial charge in [-0.2, -0.15) is 5.10 Å². The lowest BCUT2D eigenvalue weighted by Gasteiger charge is -2.04. The van der Waals surface area contributed by atoms with Gasteiger partial charge in [-0.05, 0) is 36.1 Å². The molecule has 4 rings (SSSR count). The van der Waals surface area contributed by atoms with Crippen LogP contribution in [-0.4, -0.2) is 20.5 Å². The summed E-state index contributed by atoms with van der Waals surface area (Å²) < 4.78 is 16.3. The van der Waals surface area contributed by atoms with E-state index < -0.39 is 0 Å². The van der Waals surface area contributed by atoms with Gasteiger partial charge in [0, 0.05) is 22.8 Å². The molecule has 1 N–H and O–H groups in total. The number of hydrogen-bond donors (Lipinski definition) is 1. The Balaban J connectivity index is 1.51. The van der Waals surface area contributed by atoms with Crippen molar-refractivity contribution in [3.8, 4) is 0 Å². The summed E-state index contributed by atoms with van der Waals surface area (Å²) in [4.78, 5) is 16.6. The zero-order chi connectivity index (χ0) is 16.0. The summed E-state index contributed by atoms with van der Waals surface area (Å²) in [6.45, 7) is 0. The number of carbonyl (C=O) groups excluding carboxylic acids is 1. The van der Waals surface area contributed by atoms with Crippen LogP contribution in [-0.2, 0) is 4.79 Å². The Labute approximate surface area is 139 Å². The Morgan fingerprint density at radius 1 is 1.43 bits per heavy atom. The first-order valence-corrected chi connectivity index (χ1v) is 7.97. The third-order valence-corrected chi connectivity index (χ3v) is 4.52. The summed E-state index contributed by atoms with van der Waals surface area (Å²) in [5, 5.41) is 6.97. The zero-order valence-corrected chi connectivity index (χ0v) is 13.5. The molecule has 7 heteroatoms. The van der Waals surface area contributed by atoms with Gasteiger partial charge >= 0.3 is 0 Å². The Morgan fingerprint density at radius 2 is 2.30 bits per heavy atom. The number of aromatic nitrogens is 3. The molecule has 0 spiro atoms. The summed E-state index contributed by atoms with van der Waals surface area (Å²) in [5.74, 6) is -0.697. The van der Waals surface area contributed by atoms with E-state index in [1.165, 1.54) is 6.07 Å². The molecule has 1 aliphatic rings. The maximum Gasteiger partial charge on any atom is 0.228 e. The molecule has 5 nitrogen and oxygen atoms in total. The Kier molecular flexibility index (Phi) is 3.37. The Bertz CT molecular complexity index is 910. The van der Waals surface area contributed by atoms with Gasteiger partial charge in [0.2, 0.25) is 5.91 Å². The second-order valence-electron chi connectivity index (χ2n) is 5.55. The Morgan fingerprint density at radius 3 is 3.13 bits per heavy atom. The largest absolute Gasteiger partial charge is 0.321 e. The number of hydrogen-bond acceptors (Lipinski definition) is 3. The van der Waals surface area contributed by atoms with Crippen molar-refractivity contribution in [2.45, 2.75) is 12.3 Å². The second kappa shape index (κ2) is 5.42. The van der Waals surface area contributed by atoms with E-state index in [-0.39, 0.29) is 23.6 Å². The van der Waals surface area contributed by atoms with E-state index in [9.17, 15) is 9.18 Å². The van der Waals surface area contributed by atoms with E-state index in [4.69, 9.17) is 0 Å². The first-order valence-electron chi connectivity index (χ1n) is 7.17. The predicted octanol–water partition coefficient (Wildman–Crippen LogP) is 3.37. The normalized spacial score (nSPS) is 19.7. The van der Waals surface area contributed by atoms with E-state index in [0.717, 1.165) is 0 Å². The fraction of sp³-hybridized carbons (Fsp3) is 0.188. The number of carbonyl (C=O) groups is 1. The molecule has 2 aromatic heterocycles. The van der Waals surface area contributed by atoms with E-state index in [1.807, 2.05) is 0 Å². The highest BCUT2D eigenvalue weighted by Crippen LogP contribution is 2.49. The van der Waals surface area contributed by atoms with Gasteiger partial charge < -0.3 is 5.32 Å². The number of rotatable bonds is 3. The van der Waals surface area contributed by atoms with Gasteiger partial charge in [-0.3, -0.25) is 4.79 Å². The first-order chi connectivity index (χ1) is 11.1. The van der Waals surface area contributed by atoms with Crippen LogP contribution in [0, 0.1) is 11.7 Å². The molecule has 0 radical (unpaired) electrons. The molecule has 0 aliphatic heterocycles. The van der Waals surface area contributed by atoms with Crippen molar-refractivity contribution in [3.05, 3.63) is 58.7 Å². The van der Waals surface area contributed by atoms with Crippen LogP contribution in [0.4, 0.5) is 10.1 Å². The number of fused-ring (bicyclic) bond motifs is 1.